The Kier molecular flexibility index (Phi) is 1.86. The van der Waals surface area contributed by atoms with Gasteiger partial charge < -0.3 is 5.21 Å². The molecule has 0 unspecified atom stereocenters. The van der Waals surface area contributed by atoms with Gasteiger partial charge in [0.05, 0.1) is 0 Å². The van der Waals surface area contributed by atoms with Gasteiger partial charge in [0.2, 0.25) is 0 Å². The van der Waals surface area contributed by atoms with E-state index < -0.39 is 0 Å². The van der Waals surface area contributed by atoms with Gasteiger partial charge in [0.15, 0.2) is 0 Å². The maximum absolute atomic E-state index is 8.90. The summed E-state index contributed by atoms with van der Waals surface area (Å²) < 4.78 is 0. The highest BCUT2D eigenvalue weighted by Gasteiger charge is 2.22. The number of hydrogen-bond acceptors (Lipinski definition) is 2. The van der Waals surface area contributed by atoms with Crippen LogP contribution in [0.1, 0.15) is 19.8 Å². The molecule has 1 aliphatic rings. The summed E-state index contributed by atoms with van der Waals surface area (Å²) in [5, 5.41) is 10.3. The van der Waals surface area contributed by atoms with Gasteiger partial charge in [-0.1, -0.05) is 6.92 Å². The first kappa shape index (κ1) is 6.05. The van der Waals surface area contributed by atoms with Gasteiger partial charge >= 0.3 is 0 Å². The van der Waals surface area contributed by atoms with Crippen LogP contribution in [0.15, 0.2) is 0 Å². The smallest absolute Gasteiger partial charge is 0.0266 e. The standard InChI is InChI=1S/C6H13NO/c1-2-7(8)5-6-3-4-6/h6,8H,2-5H2,1H3. The molecule has 0 aromatic heterocycles. The fourth-order valence-electron chi connectivity index (χ4n) is 0.728. The van der Waals surface area contributed by atoms with Crippen molar-refractivity contribution >= 4 is 0 Å². The number of hydrogen-bond donors (Lipinski definition) is 1. The molecule has 1 aliphatic carbocycles. The molecule has 1 saturated carbocycles. The third kappa shape index (κ3) is 1.80. The highest BCUT2D eigenvalue weighted by molar-refractivity contribution is 4.74. The third-order valence-electron chi connectivity index (χ3n) is 1.53. The van der Waals surface area contributed by atoms with E-state index in [1.165, 1.54) is 17.9 Å². The molecule has 0 radical (unpaired) electrons. The van der Waals surface area contributed by atoms with Crippen molar-refractivity contribution in [2.45, 2.75) is 19.8 Å². The van der Waals surface area contributed by atoms with Gasteiger partial charge in [0.25, 0.3) is 0 Å². The molecule has 0 saturated heterocycles. The quantitative estimate of drug-likeness (QED) is 0.557. The van der Waals surface area contributed by atoms with Crippen LogP contribution in [-0.4, -0.2) is 23.4 Å². The Hall–Kier alpha value is -0.0800. The number of hydroxylamine groups is 2. The lowest BCUT2D eigenvalue weighted by molar-refractivity contribution is -0.0895. The molecule has 2 heteroatoms. The highest BCUT2D eigenvalue weighted by Crippen LogP contribution is 2.28. The van der Waals surface area contributed by atoms with Gasteiger partial charge in [-0.2, -0.15) is 5.06 Å². The predicted molar refractivity (Wildman–Crippen MR) is 31.8 cm³/mol. The fourth-order valence-corrected chi connectivity index (χ4v) is 0.728. The molecule has 8 heavy (non-hydrogen) atoms. The molecule has 0 amide bonds. The van der Waals surface area contributed by atoms with Crippen molar-refractivity contribution in [1.29, 1.82) is 0 Å². The summed E-state index contributed by atoms with van der Waals surface area (Å²) in [7, 11) is 0. The van der Waals surface area contributed by atoms with Crippen molar-refractivity contribution in [2.75, 3.05) is 13.1 Å². The van der Waals surface area contributed by atoms with E-state index in [9.17, 15) is 0 Å². The maximum Gasteiger partial charge on any atom is 0.0266 e. The first-order chi connectivity index (χ1) is 3.83. The Morgan fingerprint density at radius 2 is 2.25 bits per heavy atom. The minimum absolute atomic E-state index is 0.760. The maximum atomic E-state index is 8.90. The Balaban J connectivity index is 1.98. The molecule has 2 nitrogen and oxygen atoms in total. The van der Waals surface area contributed by atoms with E-state index in [-0.39, 0.29) is 0 Å². The van der Waals surface area contributed by atoms with E-state index in [4.69, 9.17) is 5.21 Å². The zero-order valence-corrected chi connectivity index (χ0v) is 5.30. The average molecular weight is 115 g/mol. The second kappa shape index (κ2) is 2.46. The number of rotatable bonds is 3. The van der Waals surface area contributed by atoms with E-state index in [0.29, 0.717) is 0 Å². The van der Waals surface area contributed by atoms with Crippen molar-refractivity contribution < 1.29 is 5.21 Å². The summed E-state index contributed by atoms with van der Waals surface area (Å²) in [5.41, 5.74) is 0. The van der Waals surface area contributed by atoms with Crippen LogP contribution in [0, 0.1) is 5.92 Å². The van der Waals surface area contributed by atoms with E-state index in [1.807, 2.05) is 6.92 Å². The van der Waals surface area contributed by atoms with Gasteiger partial charge in [-0.05, 0) is 18.8 Å². The summed E-state index contributed by atoms with van der Waals surface area (Å²) in [4.78, 5) is 0. The Morgan fingerprint density at radius 1 is 1.62 bits per heavy atom. The zero-order valence-electron chi connectivity index (χ0n) is 5.30. The first-order valence-electron chi connectivity index (χ1n) is 3.26. The van der Waals surface area contributed by atoms with Crippen LogP contribution in [-0.2, 0) is 0 Å². The second-order valence-corrected chi connectivity index (χ2v) is 2.45. The fraction of sp³-hybridized carbons (Fsp3) is 1.00. The molecule has 0 spiro atoms. The summed E-state index contributed by atoms with van der Waals surface area (Å²) in [5.74, 6) is 0.806. The molecule has 1 rings (SSSR count). The van der Waals surface area contributed by atoms with Crippen molar-refractivity contribution in [3.05, 3.63) is 0 Å². The van der Waals surface area contributed by atoms with E-state index in [2.05, 4.69) is 0 Å². The Labute approximate surface area is 50.1 Å². The molecule has 0 aromatic carbocycles. The zero-order chi connectivity index (χ0) is 5.98. The van der Waals surface area contributed by atoms with Crippen LogP contribution >= 0.6 is 0 Å². The summed E-state index contributed by atoms with van der Waals surface area (Å²) in [6.45, 7) is 3.61. The lowest BCUT2D eigenvalue weighted by Crippen LogP contribution is -2.20. The lowest BCUT2D eigenvalue weighted by Gasteiger charge is -2.09. The molecule has 48 valence electrons. The lowest BCUT2D eigenvalue weighted by atomic mass is 10.4. The van der Waals surface area contributed by atoms with Crippen LogP contribution in [0.2, 0.25) is 0 Å². The van der Waals surface area contributed by atoms with Gasteiger partial charge in [-0.3, -0.25) is 0 Å². The van der Waals surface area contributed by atoms with Crippen LogP contribution in [0.3, 0.4) is 0 Å². The molecule has 0 bridgehead atoms. The normalized spacial score (nSPS) is 19.9. The number of nitrogens with zero attached hydrogens (tertiary/aromatic N) is 1. The van der Waals surface area contributed by atoms with Gasteiger partial charge in [0, 0.05) is 13.1 Å². The van der Waals surface area contributed by atoms with Crippen LogP contribution in [0.5, 0.6) is 0 Å². The first-order valence-corrected chi connectivity index (χ1v) is 3.26. The molecule has 0 aliphatic heterocycles. The molecule has 1 N–H and O–H groups in total. The van der Waals surface area contributed by atoms with Crippen LogP contribution in [0.25, 0.3) is 0 Å². The highest BCUT2D eigenvalue weighted by atomic mass is 16.5. The third-order valence-corrected chi connectivity index (χ3v) is 1.53. The Morgan fingerprint density at radius 3 is 2.62 bits per heavy atom. The minimum atomic E-state index is 0.760. The second-order valence-electron chi connectivity index (χ2n) is 2.45. The van der Waals surface area contributed by atoms with Gasteiger partial charge in [-0.15, -0.1) is 0 Å². The van der Waals surface area contributed by atoms with E-state index in [1.54, 1.807) is 0 Å². The molecule has 0 heterocycles. The van der Waals surface area contributed by atoms with Crippen molar-refractivity contribution in [1.82, 2.24) is 5.06 Å². The SMILES string of the molecule is CCN(O)CC1CC1. The Bertz CT molecular complexity index is 70.9. The van der Waals surface area contributed by atoms with Crippen LogP contribution < -0.4 is 0 Å². The summed E-state index contributed by atoms with van der Waals surface area (Å²) >= 11 is 0. The van der Waals surface area contributed by atoms with Crippen LogP contribution in [0.4, 0.5) is 0 Å². The van der Waals surface area contributed by atoms with Gasteiger partial charge in [0.1, 0.15) is 0 Å². The van der Waals surface area contributed by atoms with E-state index in [0.717, 1.165) is 19.0 Å². The van der Waals surface area contributed by atoms with Crippen molar-refractivity contribution in [3.8, 4) is 0 Å². The largest absolute Gasteiger partial charge is 0.314 e. The molecular formula is C6H13NO. The molecule has 0 aromatic rings. The average Bonchev–Trinajstić information content (AvgIpc) is 2.50. The minimum Gasteiger partial charge on any atom is -0.314 e. The van der Waals surface area contributed by atoms with E-state index >= 15 is 0 Å². The topological polar surface area (TPSA) is 23.5 Å². The predicted octanol–water partition coefficient (Wildman–Crippen LogP) is 1.11. The monoisotopic (exact) mass is 115 g/mol. The van der Waals surface area contributed by atoms with Crippen molar-refractivity contribution in [2.24, 2.45) is 5.92 Å². The van der Waals surface area contributed by atoms with Crippen molar-refractivity contribution in [3.63, 3.8) is 0 Å². The molecular weight excluding hydrogens is 102 g/mol. The summed E-state index contributed by atoms with van der Waals surface area (Å²) in [6.07, 6.45) is 2.63. The summed E-state index contributed by atoms with van der Waals surface area (Å²) in [6, 6.07) is 0. The van der Waals surface area contributed by atoms with Gasteiger partial charge in [-0.25, -0.2) is 0 Å². The molecule has 1 fully saturated rings. The molecule has 0 atom stereocenters.